The molecule has 0 radical (unpaired) electrons. The summed E-state index contributed by atoms with van der Waals surface area (Å²) >= 11 is 0. The van der Waals surface area contributed by atoms with Crippen molar-refractivity contribution in [2.45, 2.75) is 30.7 Å². The van der Waals surface area contributed by atoms with Crippen LogP contribution in [0.1, 0.15) is 6.42 Å². The number of morpholine rings is 1. The van der Waals surface area contributed by atoms with Crippen LogP contribution in [0.3, 0.4) is 0 Å². The number of likely N-dealkylation sites (tertiary alicyclic amines) is 1. The van der Waals surface area contributed by atoms with Crippen LogP contribution in [0.15, 0.2) is 0 Å². The molecule has 0 aromatic heterocycles. The van der Waals surface area contributed by atoms with Gasteiger partial charge in [0.25, 0.3) is 0 Å². The summed E-state index contributed by atoms with van der Waals surface area (Å²) in [7, 11) is 0. The fraction of sp³-hybridized carbons (Fsp3) is 1.00. The molecule has 0 amide bonds. The molecule has 4 heterocycles. The largest absolute Gasteiger partial charge is 0.374 e. The average molecular weight is 252 g/mol. The van der Waals surface area contributed by atoms with E-state index >= 15 is 0 Å². The van der Waals surface area contributed by atoms with Crippen molar-refractivity contribution in [2.75, 3.05) is 45.9 Å². The second-order valence-corrected chi connectivity index (χ2v) is 6.25. The Balaban J connectivity index is 1.39. The van der Waals surface area contributed by atoms with Gasteiger partial charge in [0.15, 0.2) is 0 Å². The molecule has 5 unspecified atom stereocenters. The van der Waals surface area contributed by atoms with Crippen molar-refractivity contribution in [3.05, 3.63) is 0 Å². The van der Waals surface area contributed by atoms with Gasteiger partial charge in [-0.25, -0.2) is 0 Å². The fourth-order valence-electron chi connectivity index (χ4n) is 4.14. The molecule has 5 nitrogen and oxygen atoms in total. The molecule has 5 heteroatoms. The van der Waals surface area contributed by atoms with Crippen LogP contribution in [0.2, 0.25) is 0 Å². The molecule has 0 saturated carbocycles. The van der Waals surface area contributed by atoms with Crippen molar-refractivity contribution in [3.8, 4) is 0 Å². The maximum atomic E-state index is 5.87. The average Bonchev–Trinajstić information content (AvgIpc) is 3.04. The quantitative estimate of drug-likeness (QED) is 0.536. The van der Waals surface area contributed by atoms with E-state index in [1.165, 1.54) is 19.5 Å². The van der Waals surface area contributed by atoms with Crippen molar-refractivity contribution >= 4 is 0 Å². The lowest BCUT2D eigenvalue weighted by Gasteiger charge is -2.37. The van der Waals surface area contributed by atoms with Crippen LogP contribution < -0.4 is 16.0 Å². The normalized spacial score (nSPS) is 49.0. The maximum Gasteiger partial charge on any atom is 0.0867 e. The zero-order chi connectivity index (χ0) is 11.9. The molecule has 4 rings (SSSR count). The Hall–Kier alpha value is -0.200. The van der Waals surface area contributed by atoms with Gasteiger partial charge in [-0.3, -0.25) is 4.90 Å². The Morgan fingerprint density at radius 3 is 2.94 bits per heavy atom. The minimum Gasteiger partial charge on any atom is -0.374 e. The second-order valence-electron chi connectivity index (χ2n) is 6.25. The number of fused-ring (bicyclic) bond motifs is 2. The molecule has 0 bridgehead atoms. The van der Waals surface area contributed by atoms with Gasteiger partial charge < -0.3 is 20.7 Å². The smallest absolute Gasteiger partial charge is 0.0867 e. The van der Waals surface area contributed by atoms with Gasteiger partial charge in [-0.2, -0.15) is 0 Å². The van der Waals surface area contributed by atoms with Crippen molar-refractivity contribution in [1.82, 2.24) is 20.9 Å². The van der Waals surface area contributed by atoms with Gasteiger partial charge in [-0.05, 0) is 18.9 Å². The predicted molar refractivity (Wildman–Crippen MR) is 69.7 cm³/mol. The van der Waals surface area contributed by atoms with Crippen LogP contribution in [0.25, 0.3) is 0 Å². The maximum absolute atomic E-state index is 5.87. The van der Waals surface area contributed by atoms with E-state index in [2.05, 4.69) is 20.9 Å². The molecule has 0 aromatic rings. The monoisotopic (exact) mass is 252 g/mol. The molecular weight excluding hydrogens is 228 g/mol. The Kier molecular flexibility index (Phi) is 3.05. The molecule has 4 fully saturated rings. The summed E-state index contributed by atoms with van der Waals surface area (Å²) in [5, 5.41) is 10.8. The third-order valence-electron chi connectivity index (χ3n) is 5.18. The van der Waals surface area contributed by atoms with Crippen LogP contribution in [-0.4, -0.2) is 75.0 Å². The molecular formula is C13H24N4O. The topological polar surface area (TPSA) is 48.6 Å². The van der Waals surface area contributed by atoms with Crippen LogP contribution in [0, 0.1) is 5.92 Å². The first kappa shape index (κ1) is 11.6. The van der Waals surface area contributed by atoms with Gasteiger partial charge in [-0.1, -0.05) is 0 Å². The van der Waals surface area contributed by atoms with Gasteiger partial charge in [0.2, 0.25) is 0 Å². The molecule has 0 spiro atoms. The number of hydrogen-bond acceptors (Lipinski definition) is 5. The zero-order valence-electron chi connectivity index (χ0n) is 10.9. The van der Waals surface area contributed by atoms with Crippen molar-refractivity contribution in [2.24, 2.45) is 5.92 Å². The third-order valence-corrected chi connectivity index (χ3v) is 5.18. The van der Waals surface area contributed by atoms with Crippen molar-refractivity contribution in [3.63, 3.8) is 0 Å². The van der Waals surface area contributed by atoms with Gasteiger partial charge in [-0.15, -0.1) is 0 Å². The van der Waals surface area contributed by atoms with E-state index in [9.17, 15) is 0 Å². The van der Waals surface area contributed by atoms with E-state index in [1.807, 2.05) is 0 Å². The van der Waals surface area contributed by atoms with Gasteiger partial charge in [0.1, 0.15) is 0 Å². The second kappa shape index (κ2) is 4.72. The molecule has 18 heavy (non-hydrogen) atoms. The van der Waals surface area contributed by atoms with Crippen LogP contribution in [0.5, 0.6) is 0 Å². The number of hydrogen-bond donors (Lipinski definition) is 3. The summed E-state index contributed by atoms with van der Waals surface area (Å²) in [6, 6.07) is 2.00. The highest BCUT2D eigenvalue weighted by atomic mass is 16.5. The van der Waals surface area contributed by atoms with Gasteiger partial charge in [0, 0.05) is 50.8 Å². The van der Waals surface area contributed by atoms with Gasteiger partial charge >= 0.3 is 0 Å². The molecule has 4 aliphatic rings. The van der Waals surface area contributed by atoms with E-state index in [0.717, 1.165) is 44.7 Å². The summed E-state index contributed by atoms with van der Waals surface area (Å²) in [5.74, 6) is 0.834. The summed E-state index contributed by atoms with van der Waals surface area (Å²) in [6.45, 7) is 7.70. The molecule has 3 N–H and O–H groups in total. The van der Waals surface area contributed by atoms with E-state index in [-0.39, 0.29) is 0 Å². The molecule has 0 aliphatic carbocycles. The molecule has 4 aliphatic heterocycles. The molecule has 5 atom stereocenters. The predicted octanol–water partition coefficient (Wildman–Crippen LogP) is -1.39. The fourth-order valence-corrected chi connectivity index (χ4v) is 4.14. The summed E-state index contributed by atoms with van der Waals surface area (Å²) in [4.78, 5) is 2.65. The number of nitrogens with one attached hydrogen (secondary N) is 3. The van der Waals surface area contributed by atoms with Crippen molar-refractivity contribution < 1.29 is 4.74 Å². The minimum absolute atomic E-state index is 0.429. The van der Waals surface area contributed by atoms with Crippen LogP contribution in [-0.2, 0) is 4.74 Å². The molecule has 4 saturated heterocycles. The zero-order valence-corrected chi connectivity index (χ0v) is 10.9. The minimum atomic E-state index is 0.429. The number of rotatable bonds is 1. The highest BCUT2D eigenvalue weighted by molar-refractivity contribution is 5.00. The Labute approximate surface area is 109 Å². The van der Waals surface area contributed by atoms with Crippen LogP contribution >= 0.6 is 0 Å². The Bertz CT molecular complexity index is 299. The number of ether oxygens (including phenoxy) is 1. The number of nitrogens with zero attached hydrogens (tertiary/aromatic N) is 1. The van der Waals surface area contributed by atoms with E-state index in [4.69, 9.17) is 4.74 Å². The lowest BCUT2D eigenvalue weighted by atomic mass is 9.90. The van der Waals surface area contributed by atoms with Crippen molar-refractivity contribution in [1.29, 1.82) is 0 Å². The summed E-state index contributed by atoms with van der Waals surface area (Å²) < 4.78 is 5.87. The highest BCUT2D eigenvalue weighted by Gasteiger charge is 2.41. The van der Waals surface area contributed by atoms with Crippen LogP contribution in [0.4, 0.5) is 0 Å². The third kappa shape index (κ3) is 1.98. The molecule has 102 valence electrons. The Morgan fingerprint density at radius 2 is 2.00 bits per heavy atom. The highest BCUT2D eigenvalue weighted by Crippen LogP contribution is 2.26. The summed E-state index contributed by atoms with van der Waals surface area (Å²) in [6.07, 6.45) is 1.78. The van der Waals surface area contributed by atoms with E-state index < -0.39 is 0 Å². The standard InChI is InChI=1S/C13H24N4O/c1-2-18-13-8-17(7-12(13)15-1)10-3-9-4-14-6-11(9)16-5-10/h9-16H,1-8H2. The first-order chi connectivity index (χ1) is 8.90. The van der Waals surface area contributed by atoms with E-state index in [0.29, 0.717) is 18.2 Å². The first-order valence-corrected chi connectivity index (χ1v) is 7.43. The summed E-state index contributed by atoms with van der Waals surface area (Å²) in [5.41, 5.74) is 0. The first-order valence-electron chi connectivity index (χ1n) is 7.43. The SMILES string of the molecule is C1COC2CN(C3CNC4CNCC4C3)CC2N1. The Morgan fingerprint density at radius 1 is 1.00 bits per heavy atom. The lowest BCUT2D eigenvalue weighted by molar-refractivity contribution is 0.0153. The van der Waals surface area contributed by atoms with E-state index in [1.54, 1.807) is 0 Å². The molecule has 0 aromatic carbocycles. The number of piperidine rings is 1. The van der Waals surface area contributed by atoms with Gasteiger partial charge in [0.05, 0.1) is 12.7 Å². The lowest BCUT2D eigenvalue weighted by Crippen LogP contribution is -2.53.